The van der Waals surface area contributed by atoms with Gasteiger partial charge >= 0.3 is 11.9 Å². The second-order valence-corrected chi connectivity index (χ2v) is 6.32. The molecule has 0 aliphatic carbocycles. The van der Waals surface area contributed by atoms with Gasteiger partial charge in [0.1, 0.15) is 17.2 Å². The van der Waals surface area contributed by atoms with E-state index in [4.69, 9.17) is 9.47 Å². The Bertz CT molecular complexity index is 1070. The summed E-state index contributed by atoms with van der Waals surface area (Å²) < 4.78 is 10.1. The van der Waals surface area contributed by atoms with Crippen molar-refractivity contribution >= 4 is 23.6 Å². The average molecular weight is 406 g/mol. The summed E-state index contributed by atoms with van der Waals surface area (Å²) in [7, 11) is 0. The van der Waals surface area contributed by atoms with Crippen LogP contribution in [0.25, 0.3) is 11.4 Å². The maximum absolute atomic E-state index is 12.4. The van der Waals surface area contributed by atoms with Crippen LogP contribution in [0.5, 0.6) is 0 Å². The van der Waals surface area contributed by atoms with Crippen molar-refractivity contribution in [3.05, 3.63) is 65.5 Å². The maximum atomic E-state index is 12.4. The molecule has 154 valence electrons. The van der Waals surface area contributed by atoms with E-state index in [9.17, 15) is 9.59 Å². The molecule has 0 fully saturated rings. The number of carbonyl (C=O) groups is 2. The molecule has 2 heterocycles. The number of carbonyl (C=O) groups excluding carboxylic acids is 2. The van der Waals surface area contributed by atoms with E-state index < -0.39 is 11.9 Å². The van der Waals surface area contributed by atoms with Crippen molar-refractivity contribution in [2.24, 2.45) is 0 Å². The van der Waals surface area contributed by atoms with Crippen molar-refractivity contribution in [1.29, 1.82) is 0 Å². The molecule has 0 aliphatic heterocycles. The van der Waals surface area contributed by atoms with Gasteiger partial charge in [-0.2, -0.15) is 0 Å². The molecule has 0 saturated carbocycles. The Balaban J connectivity index is 2.00. The largest absolute Gasteiger partial charge is 0.462 e. The lowest BCUT2D eigenvalue weighted by atomic mass is 10.1. The topological polar surface area (TPSA) is 103 Å². The summed E-state index contributed by atoms with van der Waals surface area (Å²) >= 11 is 0. The summed E-state index contributed by atoms with van der Waals surface area (Å²) in [5.74, 6) is -0.0155. The molecular formula is C22H22N4O4. The van der Waals surface area contributed by atoms with E-state index in [0.29, 0.717) is 17.2 Å². The third-order valence-corrected chi connectivity index (χ3v) is 4.08. The fraction of sp³-hybridized carbons (Fsp3) is 0.227. The lowest BCUT2D eigenvalue weighted by molar-refractivity contribution is 0.0516. The predicted molar refractivity (Wildman–Crippen MR) is 112 cm³/mol. The van der Waals surface area contributed by atoms with E-state index in [1.807, 2.05) is 31.2 Å². The second-order valence-electron chi connectivity index (χ2n) is 6.32. The molecule has 0 atom stereocenters. The second kappa shape index (κ2) is 9.60. The quantitative estimate of drug-likeness (QED) is 0.589. The number of aromatic nitrogens is 3. The minimum atomic E-state index is -0.558. The molecule has 0 bridgehead atoms. The predicted octanol–water partition coefficient (Wildman–Crippen LogP) is 3.94. The third-order valence-electron chi connectivity index (χ3n) is 4.08. The molecule has 1 aromatic carbocycles. The first kappa shape index (κ1) is 20.9. The summed E-state index contributed by atoms with van der Waals surface area (Å²) in [6.45, 7) is 5.91. The van der Waals surface area contributed by atoms with Crippen LogP contribution in [-0.2, 0) is 9.47 Å². The van der Waals surface area contributed by atoms with Gasteiger partial charge in [-0.3, -0.25) is 0 Å². The summed E-state index contributed by atoms with van der Waals surface area (Å²) in [5.41, 5.74) is 2.36. The van der Waals surface area contributed by atoms with E-state index in [-0.39, 0.29) is 24.6 Å². The zero-order valence-corrected chi connectivity index (χ0v) is 17.0. The molecule has 8 heteroatoms. The Morgan fingerprint density at radius 2 is 1.77 bits per heavy atom. The average Bonchev–Trinajstić information content (AvgIpc) is 2.74. The minimum Gasteiger partial charge on any atom is -0.462 e. The van der Waals surface area contributed by atoms with Gasteiger partial charge in [-0.05, 0) is 39.0 Å². The SMILES string of the molecule is CCOC(=O)c1ccnc(Nc2nc(-c3cccc(C)c3)ncc2C(=O)OCC)c1. The number of ether oxygens (including phenoxy) is 2. The number of aryl methyl sites for hydroxylation is 1. The molecular weight excluding hydrogens is 384 g/mol. The molecule has 0 saturated heterocycles. The van der Waals surface area contributed by atoms with Crippen molar-refractivity contribution in [2.75, 3.05) is 18.5 Å². The zero-order chi connectivity index (χ0) is 21.5. The maximum Gasteiger partial charge on any atom is 0.343 e. The van der Waals surface area contributed by atoms with Crippen LogP contribution in [0.1, 0.15) is 40.1 Å². The summed E-state index contributed by atoms with van der Waals surface area (Å²) in [6.07, 6.45) is 2.89. The van der Waals surface area contributed by atoms with E-state index in [0.717, 1.165) is 11.1 Å². The molecule has 0 aliphatic rings. The number of pyridine rings is 1. The fourth-order valence-corrected chi connectivity index (χ4v) is 2.72. The van der Waals surface area contributed by atoms with Crippen LogP contribution in [0, 0.1) is 6.92 Å². The monoisotopic (exact) mass is 406 g/mol. The van der Waals surface area contributed by atoms with Gasteiger partial charge in [0.15, 0.2) is 5.82 Å². The fourth-order valence-electron chi connectivity index (χ4n) is 2.72. The molecule has 3 aromatic rings. The number of rotatable bonds is 7. The highest BCUT2D eigenvalue weighted by molar-refractivity contribution is 5.95. The Morgan fingerprint density at radius 1 is 1.00 bits per heavy atom. The van der Waals surface area contributed by atoms with Crippen molar-refractivity contribution in [1.82, 2.24) is 15.0 Å². The van der Waals surface area contributed by atoms with Crippen LogP contribution in [0.3, 0.4) is 0 Å². The first-order valence-electron chi connectivity index (χ1n) is 9.53. The minimum absolute atomic E-state index is 0.164. The third kappa shape index (κ3) is 4.96. The van der Waals surface area contributed by atoms with E-state index in [1.54, 1.807) is 19.9 Å². The Kier molecular flexibility index (Phi) is 6.69. The molecule has 8 nitrogen and oxygen atoms in total. The summed E-state index contributed by atoms with van der Waals surface area (Å²) in [5, 5.41) is 3.00. The Hall–Kier alpha value is -3.81. The number of benzene rings is 1. The van der Waals surface area contributed by atoms with E-state index >= 15 is 0 Å². The van der Waals surface area contributed by atoms with E-state index in [1.165, 1.54) is 18.5 Å². The van der Waals surface area contributed by atoms with Crippen LogP contribution >= 0.6 is 0 Å². The van der Waals surface area contributed by atoms with Crippen molar-refractivity contribution in [3.63, 3.8) is 0 Å². The van der Waals surface area contributed by atoms with Gasteiger partial charge in [0.25, 0.3) is 0 Å². The molecule has 30 heavy (non-hydrogen) atoms. The van der Waals surface area contributed by atoms with Crippen LogP contribution in [0.2, 0.25) is 0 Å². The van der Waals surface area contributed by atoms with Gasteiger partial charge in [-0.15, -0.1) is 0 Å². The molecule has 0 spiro atoms. The molecule has 3 rings (SSSR count). The number of nitrogens with zero attached hydrogens (tertiary/aromatic N) is 3. The van der Waals surface area contributed by atoms with Gasteiger partial charge < -0.3 is 14.8 Å². The van der Waals surface area contributed by atoms with Crippen molar-refractivity contribution in [3.8, 4) is 11.4 Å². The van der Waals surface area contributed by atoms with Crippen molar-refractivity contribution in [2.45, 2.75) is 20.8 Å². The van der Waals surface area contributed by atoms with Gasteiger partial charge in [0.2, 0.25) is 0 Å². The number of esters is 2. The molecule has 0 amide bonds. The van der Waals surface area contributed by atoms with Gasteiger partial charge in [0.05, 0.1) is 18.8 Å². The first-order valence-corrected chi connectivity index (χ1v) is 9.53. The van der Waals surface area contributed by atoms with Gasteiger partial charge in [0, 0.05) is 18.0 Å². The Morgan fingerprint density at radius 3 is 2.50 bits per heavy atom. The van der Waals surface area contributed by atoms with Crippen molar-refractivity contribution < 1.29 is 19.1 Å². The molecule has 1 N–H and O–H groups in total. The van der Waals surface area contributed by atoms with Crippen LogP contribution in [0.4, 0.5) is 11.6 Å². The molecule has 0 unspecified atom stereocenters. The Labute approximate surface area is 174 Å². The lowest BCUT2D eigenvalue weighted by Gasteiger charge is -2.12. The summed E-state index contributed by atoms with van der Waals surface area (Å²) in [6, 6.07) is 10.8. The lowest BCUT2D eigenvalue weighted by Crippen LogP contribution is -2.12. The molecule has 0 radical (unpaired) electrons. The van der Waals surface area contributed by atoms with Crippen LogP contribution in [0.15, 0.2) is 48.8 Å². The van der Waals surface area contributed by atoms with E-state index in [2.05, 4.69) is 20.3 Å². The van der Waals surface area contributed by atoms with Crippen LogP contribution in [-0.4, -0.2) is 40.1 Å². The van der Waals surface area contributed by atoms with Gasteiger partial charge in [-0.25, -0.2) is 24.5 Å². The van der Waals surface area contributed by atoms with Gasteiger partial charge in [-0.1, -0.05) is 23.8 Å². The normalized spacial score (nSPS) is 10.4. The molecule has 2 aromatic heterocycles. The van der Waals surface area contributed by atoms with Crippen LogP contribution < -0.4 is 5.32 Å². The smallest absolute Gasteiger partial charge is 0.343 e. The zero-order valence-electron chi connectivity index (χ0n) is 17.0. The number of anilines is 2. The summed E-state index contributed by atoms with van der Waals surface area (Å²) in [4.78, 5) is 37.4. The number of hydrogen-bond acceptors (Lipinski definition) is 8. The number of nitrogens with one attached hydrogen (secondary N) is 1. The first-order chi connectivity index (χ1) is 14.5. The standard InChI is InChI=1S/C22H22N4O4/c1-4-29-21(27)16-9-10-23-18(12-16)25-20-17(22(28)30-5-2)13-24-19(26-20)15-8-6-7-14(3)11-15/h6-13H,4-5H2,1-3H3,(H,23,24,25,26). The highest BCUT2D eigenvalue weighted by Crippen LogP contribution is 2.23. The highest BCUT2D eigenvalue weighted by atomic mass is 16.5. The highest BCUT2D eigenvalue weighted by Gasteiger charge is 2.18. The number of hydrogen-bond donors (Lipinski definition) is 1.